The summed E-state index contributed by atoms with van der Waals surface area (Å²) in [5.74, 6) is -1.10. The Morgan fingerprint density at radius 1 is 1.04 bits per heavy atom. The van der Waals surface area contributed by atoms with Crippen molar-refractivity contribution in [3.8, 4) is 0 Å². The molecule has 1 aliphatic rings. The number of rotatable bonds is 7. The minimum Gasteiger partial charge on any atom is -0.457 e. The van der Waals surface area contributed by atoms with Crippen molar-refractivity contribution in [2.75, 3.05) is 19.7 Å². The van der Waals surface area contributed by atoms with Crippen LogP contribution in [0.2, 0.25) is 0 Å². The van der Waals surface area contributed by atoms with E-state index in [0.717, 1.165) is 18.4 Å². The summed E-state index contributed by atoms with van der Waals surface area (Å²) in [5.41, 5.74) is 0.199. The minimum absolute atomic E-state index is 0.0982. The highest BCUT2D eigenvalue weighted by molar-refractivity contribution is 7.89. The molecule has 27 heavy (non-hydrogen) atoms. The summed E-state index contributed by atoms with van der Waals surface area (Å²) in [5, 5.41) is 0. The number of ether oxygens (including phenoxy) is 2. The molecule has 0 unspecified atom stereocenters. The molecule has 0 N–H and O–H groups in total. The highest BCUT2D eigenvalue weighted by Gasteiger charge is 2.26. The summed E-state index contributed by atoms with van der Waals surface area (Å²) in [6.07, 6.45) is 2.28. The maximum Gasteiger partial charge on any atom is 0.344 e. The van der Waals surface area contributed by atoms with Crippen LogP contribution < -0.4 is 0 Å². The smallest absolute Gasteiger partial charge is 0.344 e. The molecule has 7 nitrogen and oxygen atoms in total. The van der Waals surface area contributed by atoms with Gasteiger partial charge in [-0.25, -0.2) is 13.2 Å². The Hall–Kier alpha value is -1.93. The highest BCUT2D eigenvalue weighted by Crippen LogP contribution is 2.21. The van der Waals surface area contributed by atoms with Gasteiger partial charge < -0.3 is 9.47 Å². The molecule has 1 aliphatic heterocycles. The zero-order chi connectivity index (χ0) is 20.1. The molecular weight excluding hydrogens is 370 g/mol. The Bertz CT molecular complexity index is 758. The summed E-state index contributed by atoms with van der Waals surface area (Å²) in [7, 11) is -3.43. The van der Waals surface area contributed by atoms with Crippen LogP contribution in [0.15, 0.2) is 29.2 Å². The molecule has 0 bridgehead atoms. The fourth-order valence-corrected chi connectivity index (χ4v) is 4.25. The summed E-state index contributed by atoms with van der Waals surface area (Å²) in [6, 6.07) is 6.53. The van der Waals surface area contributed by atoms with Crippen molar-refractivity contribution in [3.63, 3.8) is 0 Å². The van der Waals surface area contributed by atoms with Crippen molar-refractivity contribution in [3.05, 3.63) is 29.8 Å². The van der Waals surface area contributed by atoms with Crippen molar-refractivity contribution < 1.29 is 27.5 Å². The number of carbonyl (C=O) groups is 2. The predicted octanol–water partition coefficient (Wildman–Crippen LogP) is 2.29. The maximum atomic E-state index is 12.5. The Morgan fingerprint density at radius 3 is 2.19 bits per heavy atom. The van der Waals surface area contributed by atoms with E-state index in [-0.39, 0.29) is 11.3 Å². The van der Waals surface area contributed by atoms with Crippen LogP contribution in [0.1, 0.15) is 45.6 Å². The van der Waals surface area contributed by atoms with E-state index in [0.29, 0.717) is 19.5 Å². The number of sulfonamides is 1. The van der Waals surface area contributed by atoms with Crippen molar-refractivity contribution in [1.29, 1.82) is 0 Å². The van der Waals surface area contributed by atoms with Gasteiger partial charge in [-0.15, -0.1) is 0 Å². The molecule has 0 saturated carbocycles. The van der Waals surface area contributed by atoms with Crippen LogP contribution in [0.5, 0.6) is 0 Å². The van der Waals surface area contributed by atoms with Crippen molar-refractivity contribution in [2.45, 2.75) is 57.0 Å². The van der Waals surface area contributed by atoms with Crippen molar-refractivity contribution >= 4 is 22.0 Å². The largest absolute Gasteiger partial charge is 0.457 e. The molecule has 8 heteroatoms. The van der Waals surface area contributed by atoms with Gasteiger partial charge in [-0.1, -0.05) is 12.1 Å². The first-order valence-corrected chi connectivity index (χ1v) is 10.5. The molecule has 1 saturated heterocycles. The molecule has 1 aromatic rings. The topological polar surface area (TPSA) is 90.0 Å². The van der Waals surface area contributed by atoms with Crippen LogP contribution >= 0.6 is 0 Å². The monoisotopic (exact) mass is 397 g/mol. The van der Waals surface area contributed by atoms with Crippen LogP contribution in [-0.4, -0.2) is 50.0 Å². The zero-order valence-corrected chi connectivity index (χ0v) is 16.9. The van der Waals surface area contributed by atoms with Gasteiger partial charge in [0.15, 0.2) is 6.61 Å². The number of carbonyl (C=O) groups excluding carboxylic acids is 2. The molecule has 1 fully saturated rings. The first-order chi connectivity index (χ1) is 12.6. The Kier molecular flexibility index (Phi) is 7.00. The lowest BCUT2D eigenvalue weighted by Gasteiger charge is -2.19. The van der Waals surface area contributed by atoms with E-state index >= 15 is 0 Å². The first-order valence-electron chi connectivity index (χ1n) is 9.04. The Labute approximate surface area is 160 Å². The lowest BCUT2D eigenvalue weighted by atomic mass is 10.1. The van der Waals surface area contributed by atoms with E-state index < -0.39 is 34.2 Å². The number of nitrogens with zero attached hydrogens (tertiary/aromatic N) is 1. The highest BCUT2D eigenvalue weighted by atomic mass is 32.2. The van der Waals surface area contributed by atoms with Crippen molar-refractivity contribution in [2.24, 2.45) is 0 Å². The summed E-state index contributed by atoms with van der Waals surface area (Å²) in [6.45, 7) is 5.92. The van der Waals surface area contributed by atoms with Crippen LogP contribution in [0.25, 0.3) is 0 Å². The van der Waals surface area contributed by atoms with E-state index in [1.54, 1.807) is 45.0 Å². The maximum absolute atomic E-state index is 12.5. The van der Waals surface area contributed by atoms with Gasteiger partial charge >= 0.3 is 11.9 Å². The van der Waals surface area contributed by atoms with Crippen LogP contribution in [0.4, 0.5) is 0 Å². The third kappa shape index (κ3) is 6.62. The average molecular weight is 397 g/mol. The summed E-state index contributed by atoms with van der Waals surface area (Å²) in [4.78, 5) is 23.5. The average Bonchev–Trinajstić information content (AvgIpc) is 3.12. The summed E-state index contributed by atoms with van der Waals surface area (Å²) < 4.78 is 36.4. The van der Waals surface area contributed by atoms with Gasteiger partial charge in [0.05, 0.1) is 4.90 Å². The molecule has 1 aromatic carbocycles. The minimum atomic E-state index is -3.43. The van der Waals surface area contributed by atoms with Gasteiger partial charge in [0.1, 0.15) is 5.60 Å². The molecule has 150 valence electrons. The molecule has 0 radical (unpaired) electrons. The predicted molar refractivity (Wildman–Crippen MR) is 99.6 cm³/mol. The zero-order valence-electron chi connectivity index (χ0n) is 16.1. The molecule has 0 aliphatic carbocycles. The van der Waals surface area contributed by atoms with E-state index in [9.17, 15) is 18.0 Å². The van der Waals surface area contributed by atoms with Crippen LogP contribution in [0.3, 0.4) is 0 Å². The third-order valence-corrected chi connectivity index (χ3v) is 5.93. The van der Waals surface area contributed by atoms with E-state index in [4.69, 9.17) is 9.47 Å². The normalized spacial score (nSPS) is 15.5. The lowest BCUT2D eigenvalue weighted by molar-refractivity contribution is -0.166. The fraction of sp³-hybridized carbons (Fsp3) is 0.579. The number of hydrogen-bond donors (Lipinski definition) is 0. The van der Waals surface area contributed by atoms with Gasteiger partial charge in [-0.3, -0.25) is 4.79 Å². The number of benzene rings is 1. The number of hydrogen-bond acceptors (Lipinski definition) is 6. The second-order valence-corrected chi connectivity index (χ2v) is 9.44. The Balaban J connectivity index is 1.81. The first kappa shape index (κ1) is 21.4. The van der Waals surface area contributed by atoms with Gasteiger partial charge in [-0.05, 0) is 57.7 Å². The second-order valence-electron chi connectivity index (χ2n) is 7.50. The van der Waals surface area contributed by atoms with Gasteiger partial charge in [-0.2, -0.15) is 4.31 Å². The van der Waals surface area contributed by atoms with E-state index in [1.807, 2.05) is 0 Å². The van der Waals surface area contributed by atoms with Crippen LogP contribution in [-0.2, 0) is 35.5 Å². The van der Waals surface area contributed by atoms with Gasteiger partial charge in [0, 0.05) is 19.5 Å². The van der Waals surface area contributed by atoms with E-state index in [1.165, 1.54) is 4.31 Å². The third-order valence-electron chi connectivity index (χ3n) is 4.01. The molecule has 0 aromatic heterocycles. The standard InChI is InChI=1S/C19H27NO6S/c1-19(2,3)26-18(22)14-25-17(21)11-8-15-6-9-16(10-7-15)27(23,24)20-12-4-5-13-20/h6-7,9-10H,4-5,8,11-14H2,1-3H3. The molecular formula is C19H27NO6S. The van der Waals surface area contributed by atoms with Crippen LogP contribution in [0, 0.1) is 0 Å². The number of aryl methyl sites for hydroxylation is 1. The van der Waals surface area contributed by atoms with Gasteiger partial charge in [0.2, 0.25) is 10.0 Å². The Morgan fingerprint density at radius 2 is 1.63 bits per heavy atom. The fourth-order valence-electron chi connectivity index (χ4n) is 2.73. The van der Waals surface area contributed by atoms with Crippen molar-refractivity contribution in [1.82, 2.24) is 4.31 Å². The molecule has 0 spiro atoms. The SMILES string of the molecule is CC(C)(C)OC(=O)COC(=O)CCc1ccc(S(=O)(=O)N2CCCC2)cc1. The molecule has 2 rings (SSSR count). The summed E-state index contributed by atoms with van der Waals surface area (Å²) >= 11 is 0. The molecule has 0 atom stereocenters. The molecule has 1 heterocycles. The quantitative estimate of drug-likeness (QED) is 0.656. The molecule has 0 amide bonds. The second kappa shape index (κ2) is 8.84. The van der Waals surface area contributed by atoms with Gasteiger partial charge in [0.25, 0.3) is 0 Å². The van der Waals surface area contributed by atoms with E-state index in [2.05, 4.69) is 0 Å². The number of esters is 2. The lowest BCUT2D eigenvalue weighted by Crippen LogP contribution is -2.27.